The number of anilines is 2. The second-order valence-electron chi connectivity index (χ2n) is 13.5. The highest BCUT2D eigenvalue weighted by Gasteiger charge is 2.34. The fraction of sp³-hybridized carbons (Fsp3) is 0.366. The van der Waals surface area contributed by atoms with Crippen molar-refractivity contribution in [3.05, 3.63) is 119 Å². The van der Waals surface area contributed by atoms with Crippen molar-refractivity contribution in [3.63, 3.8) is 0 Å². The maximum absolute atomic E-state index is 12.5. The van der Waals surface area contributed by atoms with Gasteiger partial charge < -0.3 is 36.1 Å². The lowest BCUT2D eigenvalue weighted by Crippen LogP contribution is -2.38. The molecule has 51 heavy (non-hydrogen) atoms. The second kappa shape index (κ2) is 17.6. The highest BCUT2D eigenvalue weighted by molar-refractivity contribution is 5.93. The third-order valence-corrected chi connectivity index (χ3v) is 9.55. The van der Waals surface area contributed by atoms with Crippen molar-refractivity contribution >= 4 is 23.2 Å². The predicted octanol–water partition coefficient (Wildman–Crippen LogP) is 5.86. The van der Waals surface area contributed by atoms with Gasteiger partial charge in [-0.2, -0.15) is 0 Å². The molecule has 4 atom stereocenters. The van der Waals surface area contributed by atoms with Gasteiger partial charge in [0.05, 0.1) is 36.3 Å². The molecule has 2 aliphatic heterocycles. The van der Waals surface area contributed by atoms with Crippen molar-refractivity contribution < 1.29 is 29.3 Å². The van der Waals surface area contributed by atoms with Gasteiger partial charge in [-0.25, -0.2) is 0 Å². The Morgan fingerprint density at radius 1 is 0.824 bits per heavy atom. The first-order valence-electron chi connectivity index (χ1n) is 17.8. The number of hydrogen-bond donors (Lipinski definition) is 5. The molecule has 0 bridgehead atoms. The Balaban J connectivity index is 1.01. The fourth-order valence-corrected chi connectivity index (χ4v) is 6.68. The Hall–Kier alpha value is -4.58. The number of likely N-dealkylation sites (tertiary alicyclic amines) is 1. The summed E-state index contributed by atoms with van der Waals surface area (Å²) in [6, 6.07) is 31.3. The number of nitrogen functional groups attached to an aromatic ring is 1. The number of nitrogens with zero attached hydrogens (tertiary/aromatic N) is 1. The van der Waals surface area contributed by atoms with Crippen LogP contribution < -0.4 is 16.4 Å². The van der Waals surface area contributed by atoms with Gasteiger partial charge in [-0.15, -0.1) is 0 Å². The van der Waals surface area contributed by atoms with Gasteiger partial charge in [0.25, 0.3) is 0 Å². The van der Waals surface area contributed by atoms with E-state index in [4.69, 9.17) is 15.2 Å². The largest absolute Gasteiger partial charge is 0.397 e. The number of hydrogen-bond acceptors (Lipinski definition) is 8. The molecule has 0 saturated carbocycles. The zero-order chi connectivity index (χ0) is 35.6. The highest BCUT2D eigenvalue weighted by atomic mass is 16.7. The lowest BCUT2D eigenvalue weighted by Gasteiger charge is -2.37. The Morgan fingerprint density at radius 3 is 2.29 bits per heavy atom. The summed E-state index contributed by atoms with van der Waals surface area (Å²) >= 11 is 0. The molecule has 6 N–H and O–H groups in total. The first-order valence-corrected chi connectivity index (χ1v) is 17.8. The molecule has 4 aromatic rings. The second-order valence-corrected chi connectivity index (χ2v) is 13.5. The quantitative estimate of drug-likeness (QED) is 0.0817. The van der Waals surface area contributed by atoms with E-state index in [2.05, 4.69) is 39.8 Å². The molecule has 2 amide bonds. The SMILES string of the molecule is Nc1ccccc1NC(=O)CCCCC(=O)NCc1cccc(-c2ccc([C@@H]3O[C@H](CN4CC[C@H](O)C4)C[C@H](c4ccc(CO)cc4)O3)cc2)c1. The van der Waals surface area contributed by atoms with E-state index in [-0.39, 0.29) is 36.7 Å². The van der Waals surface area contributed by atoms with Crippen molar-refractivity contribution in [2.24, 2.45) is 0 Å². The van der Waals surface area contributed by atoms with Gasteiger partial charge in [-0.3, -0.25) is 14.5 Å². The molecule has 10 heteroatoms. The Kier molecular flexibility index (Phi) is 12.5. The number of aliphatic hydroxyl groups excluding tert-OH is 2. The van der Waals surface area contributed by atoms with E-state index in [1.807, 2.05) is 60.7 Å². The van der Waals surface area contributed by atoms with Crippen LogP contribution in [0, 0.1) is 0 Å². The zero-order valence-electron chi connectivity index (χ0n) is 28.9. The van der Waals surface area contributed by atoms with E-state index in [9.17, 15) is 19.8 Å². The summed E-state index contributed by atoms with van der Waals surface area (Å²) in [6.07, 6.45) is 2.30. The molecule has 4 aromatic carbocycles. The minimum absolute atomic E-state index is 0.00307. The number of nitrogens with one attached hydrogen (secondary N) is 2. The lowest BCUT2D eigenvalue weighted by molar-refractivity contribution is -0.252. The maximum Gasteiger partial charge on any atom is 0.224 e. The minimum atomic E-state index is -0.550. The van der Waals surface area contributed by atoms with Gasteiger partial charge in [-0.05, 0) is 65.3 Å². The maximum atomic E-state index is 12.5. The third-order valence-electron chi connectivity index (χ3n) is 9.55. The topological polar surface area (TPSA) is 146 Å². The van der Waals surface area contributed by atoms with Gasteiger partial charge >= 0.3 is 0 Å². The third kappa shape index (κ3) is 10.2. The standard InChI is InChI=1S/C41H48N4O6/c42-36-8-1-2-9-37(36)44-40(49)11-4-3-10-39(48)43-24-29-6-5-7-33(22-29)30-16-18-32(19-17-30)41-50-35(26-45-21-20-34(47)25-45)23-38(51-41)31-14-12-28(27-46)13-15-31/h1-2,5-9,12-19,22,34-35,38,41,46-47H,3-4,10-11,20-21,23-27,42H2,(H,43,48)(H,44,49)/t34-,35-,38+,41+/m0/s1. The summed E-state index contributed by atoms with van der Waals surface area (Å²) in [6.45, 7) is 2.65. The van der Waals surface area contributed by atoms with Crippen molar-refractivity contribution in [1.82, 2.24) is 10.2 Å². The van der Waals surface area contributed by atoms with Gasteiger partial charge in [0.15, 0.2) is 6.29 Å². The summed E-state index contributed by atoms with van der Waals surface area (Å²) in [5.74, 6) is -0.165. The molecule has 0 aliphatic carbocycles. The summed E-state index contributed by atoms with van der Waals surface area (Å²) < 4.78 is 13.0. The van der Waals surface area contributed by atoms with Crippen LogP contribution >= 0.6 is 0 Å². The van der Waals surface area contributed by atoms with Crippen LogP contribution in [0.2, 0.25) is 0 Å². The average molecular weight is 693 g/mol. The molecule has 10 nitrogen and oxygen atoms in total. The van der Waals surface area contributed by atoms with E-state index in [1.165, 1.54) is 0 Å². The number of unbranched alkanes of at least 4 members (excludes halogenated alkanes) is 1. The Labute approximate surface area is 299 Å². The number of benzene rings is 4. The van der Waals surface area contributed by atoms with Crippen molar-refractivity contribution in [2.45, 2.75) is 76.3 Å². The Bertz CT molecular complexity index is 1750. The van der Waals surface area contributed by atoms with E-state index in [1.54, 1.807) is 12.1 Å². The molecule has 2 aliphatic rings. The zero-order valence-corrected chi connectivity index (χ0v) is 28.9. The van der Waals surface area contributed by atoms with E-state index < -0.39 is 6.29 Å². The number of rotatable bonds is 14. The van der Waals surface area contributed by atoms with Gasteiger partial charge in [0.2, 0.25) is 11.8 Å². The van der Waals surface area contributed by atoms with Gasteiger partial charge in [-0.1, -0.05) is 78.9 Å². The summed E-state index contributed by atoms with van der Waals surface area (Å²) in [4.78, 5) is 27.0. The molecule has 0 aromatic heterocycles. The van der Waals surface area contributed by atoms with Crippen molar-refractivity contribution in [3.8, 4) is 11.1 Å². The summed E-state index contributed by atoms with van der Waals surface area (Å²) in [5, 5.41) is 25.4. The number of carbonyl (C=O) groups excluding carboxylic acids is 2. The molecule has 2 fully saturated rings. The molecule has 2 saturated heterocycles. The van der Waals surface area contributed by atoms with Crippen LogP contribution in [0.4, 0.5) is 11.4 Å². The number of ether oxygens (including phenoxy) is 2. The smallest absolute Gasteiger partial charge is 0.224 e. The van der Waals surface area contributed by atoms with Gasteiger partial charge in [0, 0.05) is 51.0 Å². The summed E-state index contributed by atoms with van der Waals surface area (Å²) in [5.41, 5.74) is 12.9. The van der Waals surface area contributed by atoms with E-state index in [0.29, 0.717) is 56.6 Å². The monoisotopic (exact) mass is 692 g/mol. The van der Waals surface area contributed by atoms with Crippen LogP contribution in [0.3, 0.4) is 0 Å². The van der Waals surface area contributed by atoms with E-state index in [0.717, 1.165) is 52.9 Å². The van der Waals surface area contributed by atoms with Crippen LogP contribution in [0.15, 0.2) is 97.1 Å². The molecule has 268 valence electrons. The highest BCUT2D eigenvalue weighted by Crippen LogP contribution is 2.39. The number of carbonyl (C=O) groups is 2. The first-order chi connectivity index (χ1) is 24.8. The van der Waals surface area contributed by atoms with Crippen LogP contribution in [0.5, 0.6) is 0 Å². The molecule has 2 heterocycles. The first kappa shape index (κ1) is 36.2. The number of aliphatic hydroxyl groups is 2. The number of para-hydroxylation sites is 2. The molecular weight excluding hydrogens is 644 g/mol. The van der Waals surface area contributed by atoms with Crippen LogP contribution in [0.25, 0.3) is 11.1 Å². The molecular formula is C41H48N4O6. The molecule has 0 spiro atoms. The minimum Gasteiger partial charge on any atom is -0.397 e. The Morgan fingerprint density at radius 2 is 1.57 bits per heavy atom. The number of nitrogens with two attached hydrogens (primary N) is 1. The molecule has 6 rings (SSSR count). The van der Waals surface area contributed by atoms with Crippen LogP contribution in [0.1, 0.15) is 73.2 Å². The molecule has 0 unspecified atom stereocenters. The van der Waals surface area contributed by atoms with E-state index >= 15 is 0 Å². The lowest BCUT2D eigenvalue weighted by atomic mass is 9.99. The van der Waals surface area contributed by atoms with Crippen LogP contribution in [-0.2, 0) is 32.2 Å². The number of amides is 2. The van der Waals surface area contributed by atoms with Crippen molar-refractivity contribution in [1.29, 1.82) is 0 Å². The number of β-amino-alcohol motifs (C(OH)–C–C–N with tert-alkyl or cyclic N) is 1. The fourth-order valence-electron chi connectivity index (χ4n) is 6.68. The summed E-state index contributed by atoms with van der Waals surface area (Å²) in [7, 11) is 0. The van der Waals surface area contributed by atoms with Crippen molar-refractivity contribution in [2.75, 3.05) is 30.7 Å². The van der Waals surface area contributed by atoms with Crippen LogP contribution in [-0.4, -0.2) is 58.8 Å². The normalized spacial score (nSPS) is 20.6. The predicted molar refractivity (Wildman–Crippen MR) is 197 cm³/mol. The molecule has 0 radical (unpaired) electrons. The van der Waals surface area contributed by atoms with Gasteiger partial charge in [0.1, 0.15) is 0 Å². The average Bonchev–Trinajstić information content (AvgIpc) is 3.57.